The van der Waals surface area contributed by atoms with Crippen molar-refractivity contribution in [2.24, 2.45) is 0 Å². The monoisotopic (exact) mass is 391 g/mol. The van der Waals surface area contributed by atoms with Gasteiger partial charge < -0.3 is 15.9 Å². The van der Waals surface area contributed by atoms with Crippen LogP contribution in [0.3, 0.4) is 0 Å². The zero-order chi connectivity index (χ0) is 19.8. The molecule has 0 bridgehead atoms. The molecule has 1 aromatic heterocycles. The number of amides is 1. The van der Waals surface area contributed by atoms with Gasteiger partial charge in [0.05, 0.1) is 17.9 Å². The smallest absolute Gasteiger partial charge is 0.338 e. The van der Waals surface area contributed by atoms with E-state index in [9.17, 15) is 14.4 Å². The van der Waals surface area contributed by atoms with Crippen molar-refractivity contribution in [3.05, 3.63) is 45.9 Å². The summed E-state index contributed by atoms with van der Waals surface area (Å²) in [6.45, 7) is 3.87. The number of thioether (sulfide) groups is 1. The van der Waals surface area contributed by atoms with Crippen LogP contribution in [0.4, 0.5) is 5.69 Å². The highest BCUT2D eigenvalue weighted by atomic mass is 32.2. The minimum absolute atomic E-state index is 0.0282. The number of anilines is 1. The summed E-state index contributed by atoms with van der Waals surface area (Å²) in [5, 5.41) is 10.3. The molecule has 10 heteroatoms. The van der Waals surface area contributed by atoms with E-state index in [2.05, 4.69) is 15.5 Å². The van der Waals surface area contributed by atoms with Crippen molar-refractivity contribution in [3.8, 4) is 0 Å². The van der Waals surface area contributed by atoms with E-state index in [4.69, 9.17) is 10.6 Å². The Kier molecular flexibility index (Phi) is 7.35. The van der Waals surface area contributed by atoms with Crippen LogP contribution in [0.15, 0.2) is 34.2 Å². The second-order valence-electron chi connectivity index (χ2n) is 5.65. The van der Waals surface area contributed by atoms with Crippen LogP contribution in [0.1, 0.15) is 35.8 Å². The molecule has 0 fully saturated rings. The maximum Gasteiger partial charge on any atom is 0.338 e. The molecule has 0 atom stereocenters. The first-order valence-corrected chi connectivity index (χ1v) is 9.32. The second-order valence-corrected chi connectivity index (χ2v) is 6.59. The van der Waals surface area contributed by atoms with Gasteiger partial charge in [-0.15, -0.1) is 10.2 Å². The van der Waals surface area contributed by atoms with Gasteiger partial charge in [-0.25, -0.2) is 4.79 Å². The Hall–Kier alpha value is -2.88. The van der Waals surface area contributed by atoms with E-state index in [1.807, 2.05) is 6.92 Å². The lowest BCUT2D eigenvalue weighted by Crippen LogP contribution is -2.32. The van der Waals surface area contributed by atoms with E-state index in [0.717, 1.165) is 29.3 Å². The molecular formula is C17H21N5O4S. The van der Waals surface area contributed by atoms with Crippen molar-refractivity contribution in [2.45, 2.75) is 31.8 Å². The number of hydrogen-bond acceptors (Lipinski definition) is 8. The first kappa shape index (κ1) is 20.4. The maximum atomic E-state index is 12.1. The van der Waals surface area contributed by atoms with E-state index in [1.165, 1.54) is 6.92 Å². The molecule has 0 spiro atoms. The van der Waals surface area contributed by atoms with Crippen LogP contribution < -0.4 is 16.7 Å². The van der Waals surface area contributed by atoms with Gasteiger partial charge in [0.25, 0.3) is 5.56 Å². The summed E-state index contributed by atoms with van der Waals surface area (Å²) in [5.41, 5.74) is 0.526. The van der Waals surface area contributed by atoms with Crippen LogP contribution in [-0.2, 0) is 9.53 Å². The van der Waals surface area contributed by atoms with Crippen molar-refractivity contribution in [1.82, 2.24) is 14.9 Å². The molecule has 1 aromatic carbocycles. The summed E-state index contributed by atoms with van der Waals surface area (Å²) < 4.78 is 6.00. The number of nitrogens with zero attached hydrogens (tertiary/aromatic N) is 3. The number of aromatic nitrogens is 3. The van der Waals surface area contributed by atoms with Crippen LogP contribution in [0, 0.1) is 6.92 Å². The number of ether oxygens (including phenoxy) is 1. The van der Waals surface area contributed by atoms with Crippen LogP contribution >= 0.6 is 11.8 Å². The highest BCUT2D eigenvalue weighted by molar-refractivity contribution is 7.99. The fourth-order valence-corrected chi connectivity index (χ4v) is 2.66. The molecule has 3 N–H and O–H groups in total. The Morgan fingerprint density at radius 1 is 1.33 bits per heavy atom. The molecule has 0 aliphatic rings. The summed E-state index contributed by atoms with van der Waals surface area (Å²) >= 11 is 0.982. The predicted octanol–water partition coefficient (Wildman–Crippen LogP) is 1.35. The van der Waals surface area contributed by atoms with Crippen LogP contribution in [0.2, 0.25) is 0 Å². The Bertz CT molecular complexity index is 884. The van der Waals surface area contributed by atoms with Crippen molar-refractivity contribution < 1.29 is 14.3 Å². The average Bonchev–Trinajstić information content (AvgIpc) is 2.66. The molecule has 27 heavy (non-hydrogen) atoms. The number of nitrogens with one attached hydrogen (secondary N) is 1. The van der Waals surface area contributed by atoms with E-state index in [0.29, 0.717) is 17.9 Å². The number of carbonyl (C=O) groups is 2. The number of carbonyl (C=O) groups excluding carboxylic acids is 2. The number of unbranched alkanes of at least 4 members (excludes halogenated alkanes) is 1. The highest BCUT2D eigenvalue weighted by Crippen LogP contribution is 2.15. The number of aryl methyl sites for hydroxylation is 1. The van der Waals surface area contributed by atoms with Crippen molar-refractivity contribution in [2.75, 3.05) is 23.5 Å². The van der Waals surface area contributed by atoms with Crippen molar-refractivity contribution >= 4 is 29.3 Å². The number of nitrogens with two attached hydrogens (primary N) is 1. The van der Waals surface area contributed by atoms with E-state index in [1.54, 1.807) is 24.3 Å². The van der Waals surface area contributed by atoms with Gasteiger partial charge in [-0.1, -0.05) is 31.2 Å². The Morgan fingerprint density at radius 2 is 2.11 bits per heavy atom. The van der Waals surface area contributed by atoms with E-state index >= 15 is 0 Å². The molecule has 0 saturated heterocycles. The normalized spacial score (nSPS) is 10.4. The van der Waals surface area contributed by atoms with E-state index in [-0.39, 0.29) is 22.5 Å². The molecule has 0 radical (unpaired) electrons. The third kappa shape index (κ3) is 5.81. The standard InChI is InChI=1S/C17H21N5O4S/c1-3-4-8-26-16(25)12-6-5-7-13(9-12)19-14(23)10-27-17-21-20-11(2)15(24)22(17)18/h5-7,9H,3-4,8,10,18H2,1-2H3,(H,19,23). The fourth-order valence-electron chi connectivity index (χ4n) is 2.01. The molecule has 144 valence electrons. The zero-order valence-electron chi connectivity index (χ0n) is 15.1. The molecule has 0 aliphatic heterocycles. The van der Waals surface area contributed by atoms with Crippen molar-refractivity contribution in [3.63, 3.8) is 0 Å². The lowest BCUT2D eigenvalue weighted by molar-refractivity contribution is -0.113. The lowest BCUT2D eigenvalue weighted by Gasteiger charge is -2.08. The largest absolute Gasteiger partial charge is 0.462 e. The van der Waals surface area contributed by atoms with Crippen LogP contribution in [0.5, 0.6) is 0 Å². The van der Waals surface area contributed by atoms with Gasteiger partial charge in [-0.05, 0) is 31.5 Å². The molecule has 9 nitrogen and oxygen atoms in total. The molecule has 0 unspecified atom stereocenters. The molecule has 0 aliphatic carbocycles. The van der Waals surface area contributed by atoms with Crippen molar-refractivity contribution in [1.29, 1.82) is 0 Å². The number of nitrogen functional groups attached to an aromatic ring is 1. The predicted molar refractivity (Wildman–Crippen MR) is 102 cm³/mol. The second kappa shape index (κ2) is 9.72. The fraction of sp³-hybridized carbons (Fsp3) is 0.353. The molecule has 1 heterocycles. The zero-order valence-corrected chi connectivity index (χ0v) is 15.9. The minimum Gasteiger partial charge on any atom is -0.462 e. The lowest BCUT2D eigenvalue weighted by atomic mass is 10.2. The average molecular weight is 391 g/mol. The number of hydrogen-bond donors (Lipinski definition) is 2. The van der Waals surface area contributed by atoms with Gasteiger partial charge in [-0.3, -0.25) is 9.59 Å². The molecular weight excluding hydrogens is 370 g/mol. The Balaban J connectivity index is 1.94. The SMILES string of the molecule is CCCCOC(=O)c1cccc(NC(=O)CSc2nnc(C)c(=O)n2N)c1. The molecule has 2 aromatic rings. The van der Waals surface area contributed by atoms with E-state index < -0.39 is 11.5 Å². The number of benzene rings is 1. The third-order valence-electron chi connectivity index (χ3n) is 3.47. The first-order valence-electron chi connectivity index (χ1n) is 8.33. The topological polar surface area (TPSA) is 129 Å². The van der Waals surface area contributed by atoms with Gasteiger partial charge >= 0.3 is 5.97 Å². The first-order chi connectivity index (χ1) is 12.9. The molecule has 2 rings (SSSR count). The van der Waals surface area contributed by atoms with Gasteiger partial charge in [0, 0.05) is 5.69 Å². The molecule has 0 saturated carbocycles. The summed E-state index contributed by atoms with van der Waals surface area (Å²) in [7, 11) is 0. The number of rotatable bonds is 8. The van der Waals surface area contributed by atoms with Gasteiger partial charge in [0.15, 0.2) is 0 Å². The summed E-state index contributed by atoms with van der Waals surface area (Å²) in [4.78, 5) is 35.8. The van der Waals surface area contributed by atoms with Crippen LogP contribution in [-0.4, -0.2) is 39.1 Å². The van der Waals surface area contributed by atoms with Gasteiger partial charge in [-0.2, -0.15) is 4.68 Å². The molecule has 1 amide bonds. The quantitative estimate of drug-likeness (QED) is 0.298. The Morgan fingerprint density at radius 3 is 2.85 bits per heavy atom. The number of esters is 1. The van der Waals surface area contributed by atoms with Gasteiger partial charge in [0.2, 0.25) is 11.1 Å². The maximum absolute atomic E-state index is 12.1. The van der Waals surface area contributed by atoms with Crippen LogP contribution in [0.25, 0.3) is 0 Å². The third-order valence-corrected chi connectivity index (χ3v) is 4.41. The summed E-state index contributed by atoms with van der Waals surface area (Å²) in [6, 6.07) is 6.48. The summed E-state index contributed by atoms with van der Waals surface area (Å²) in [5.74, 6) is 4.82. The summed E-state index contributed by atoms with van der Waals surface area (Å²) in [6.07, 6.45) is 1.73. The minimum atomic E-state index is -0.470. The Labute approximate surface area is 160 Å². The highest BCUT2D eigenvalue weighted by Gasteiger charge is 2.12. The van der Waals surface area contributed by atoms with Gasteiger partial charge in [0.1, 0.15) is 5.69 Å².